The summed E-state index contributed by atoms with van der Waals surface area (Å²) in [6.45, 7) is 6.72. The van der Waals surface area contributed by atoms with Crippen LogP contribution in [0.25, 0.3) is 5.57 Å². The average molecular weight is 385 g/mol. The number of carbonyl (C=O) groups is 1. The molecule has 3 aliphatic rings. The van der Waals surface area contributed by atoms with Crippen molar-refractivity contribution in [2.45, 2.75) is 38.3 Å². The van der Waals surface area contributed by atoms with Crippen molar-refractivity contribution < 1.29 is 9.72 Å². The minimum absolute atomic E-state index is 0.0955. The van der Waals surface area contributed by atoms with Gasteiger partial charge in [-0.3, -0.25) is 15.0 Å². The first-order valence-corrected chi connectivity index (χ1v) is 9.97. The molecule has 4 rings (SSSR count). The smallest absolute Gasteiger partial charge is 0.317 e. The van der Waals surface area contributed by atoms with Crippen LogP contribution in [0.4, 0.5) is 16.2 Å². The standard InChI is InChI=1S/C20H27N5O3/c1-4-24(5-2)20(26)22-13-9-14-17(23(3)11-13)8-12-10-21-15-6-7-16(25(27)28)19(14)18(12)15/h6-7,9,12-13,17,21H,4-5,8,10-11H2,1-3H3,(H,22,26)/t12-,13+,17-/m1/s1. The van der Waals surface area contributed by atoms with E-state index in [-0.39, 0.29) is 34.6 Å². The van der Waals surface area contributed by atoms with E-state index < -0.39 is 0 Å². The van der Waals surface area contributed by atoms with Gasteiger partial charge in [0.2, 0.25) is 0 Å². The van der Waals surface area contributed by atoms with Crippen LogP contribution in [-0.2, 0) is 0 Å². The fourth-order valence-corrected chi connectivity index (χ4v) is 4.91. The lowest BCUT2D eigenvalue weighted by atomic mass is 9.74. The first-order chi connectivity index (χ1) is 13.4. The van der Waals surface area contributed by atoms with Crippen LogP contribution in [0.2, 0.25) is 0 Å². The molecule has 0 saturated heterocycles. The maximum atomic E-state index is 12.5. The molecule has 2 N–H and O–H groups in total. The molecule has 150 valence electrons. The fourth-order valence-electron chi connectivity index (χ4n) is 4.91. The highest BCUT2D eigenvalue weighted by molar-refractivity contribution is 5.87. The Labute approximate surface area is 164 Å². The predicted molar refractivity (Wildman–Crippen MR) is 109 cm³/mol. The monoisotopic (exact) mass is 385 g/mol. The quantitative estimate of drug-likeness (QED) is 0.614. The van der Waals surface area contributed by atoms with E-state index in [1.807, 2.05) is 33.0 Å². The lowest BCUT2D eigenvalue weighted by molar-refractivity contribution is -0.385. The first-order valence-electron chi connectivity index (χ1n) is 9.97. The molecule has 1 aromatic rings. The molecule has 0 aromatic heterocycles. The Balaban J connectivity index is 1.75. The number of nitrogens with one attached hydrogen (secondary N) is 2. The second-order valence-corrected chi connectivity index (χ2v) is 7.80. The Bertz CT molecular complexity index is 848. The third-order valence-electron chi connectivity index (χ3n) is 6.28. The molecule has 0 unspecified atom stereocenters. The van der Waals surface area contributed by atoms with Gasteiger partial charge in [-0.2, -0.15) is 0 Å². The van der Waals surface area contributed by atoms with Crippen molar-refractivity contribution in [2.24, 2.45) is 0 Å². The SMILES string of the molecule is CCN(CC)C(=O)N[C@H]1C=C2c3c([N+](=O)[O-])ccc4c3[C@@H](CN4)C[C@H]2N(C)C1. The molecule has 0 fully saturated rings. The maximum absolute atomic E-state index is 12.5. The van der Waals surface area contributed by atoms with Gasteiger partial charge in [0.1, 0.15) is 0 Å². The minimum Gasteiger partial charge on any atom is -0.384 e. The van der Waals surface area contributed by atoms with E-state index in [0.717, 1.165) is 35.4 Å². The number of anilines is 1. The number of nitro benzene ring substituents is 1. The Kier molecular flexibility index (Phi) is 4.74. The highest BCUT2D eigenvalue weighted by Crippen LogP contribution is 2.51. The van der Waals surface area contributed by atoms with Crippen molar-refractivity contribution in [1.29, 1.82) is 0 Å². The summed E-state index contributed by atoms with van der Waals surface area (Å²) < 4.78 is 0. The van der Waals surface area contributed by atoms with Crippen LogP contribution in [0, 0.1) is 10.1 Å². The van der Waals surface area contributed by atoms with Gasteiger partial charge in [0.25, 0.3) is 5.69 Å². The van der Waals surface area contributed by atoms with Crippen LogP contribution >= 0.6 is 0 Å². The molecule has 2 aliphatic heterocycles. The van der Waals surface area contributed by atoms with E-state index in [2.05, 4.69) is 15.5 Å². The third kappa shape index (κ3) is 2.92. The molecule has 1 aromatic carbocycles. The number of rotatable bonds is 4. The summed E-state index contributed by atoms with van der Waals surface area (Å²) in [6, 6.07) is 3.29. The maximum Gasteiger partial charge on any atom is 0.317 e. The number of fused-ring (bicyclic) bond motifs is 2. The average Bonchev–Trinajstić information content (AvgIpc) is 3.07. The van der Waals surface area contributed by atoms with Crippen molar-refractivity contribution in [3.05, 3.63) is 39.4 Å². The molecule has 0 saturated carbocycles. The summed E-state index contributed by atoms with van der Waals surface area (Å²) in [4.78, 5) is 28.0. The van der Waals surface area contributed by atoms with Gasteiger partial charge >= 0.3 is 6.03 Å². The topological polar surface area (TPSA) is 90.8 Å². The van der Waals surface area contributed by atoms with Crippen LogP contribution in [0.5, 0.6) is 0 Å². The normalized spacial score (nSPS) is 25.2. The minimum atomic E-state index is -0.285. The molecule has 1 aliphatic carbocycles. The number of hydrogen-bond acceptors (Lipinski definition) is 5. The molecule has 8 heteroatoms. The van der Waals surface area contributed by atoms with Crippen LogP contribution in [-0.4, -0.2) is 66.1 Å². The Morgan fingerprint density at radius 3 is 2.82 bits per heavy atom. The van der Waals surface area contributed by atoms with Gasteiger partial charge in [0.05, 0.1) is 16.5 Å². The van der Waals surface area contributed by atoms with E-state index >= 15 is 0 Å². The number of benzene rings is 1. The molecule has 8 nitrogen and oxygen atoms in total. The molecular weight excluding hydrogens is 358 g/mol. The van der Waals surface area contributed by atoms with Gasteiger partial charge in [0.15, 0.2) is 0 Å². The number of amides is 2. The third-order valence-corrected chi connectivity index (χ3v) is 6.28. The molecule has 0 bridgehead atoms. The van der Waals surface area contributed by atoms with Crippen LogP contribution in [0.1, 0.15) is 37.3 Å². The summed E-state index contributed by atoms with van der Waals surface area (Å²) in [5.41, 5.74) is 3.96. The Morgan fingerprint density at radius 1 is 1.39 bits per heavy atom. The van der Waals surface area contributed by atoms with Gasteiger partial charge < -0.3 is 15.5 Å². The lowest BCUT2D eigenvalue weighted by Gasteiger charge is -2.42. The summed E-state index contributed by atoms with van der Waals surface area (Å²) in [6.07, 6.45) is 2.98. The summed E-state index contributed by atoms with van der Waals surface area (Å²) in [5, 5.41) is 18.3. The Morgan fingerprint density at radius 2 is 2.14 bits per heavy atom. The highest BCUT2D eigenvalue weighted by Gasteiger charge is 2.43. The van der Waals surface area contributed by atoms with Crippen molar-refractivity contribution in [1.82, 2.24) is 15.1 Å². The predicted octanol–water partition coefficient (Wildman–Crippen LogP) is 2.63. The zero-order valence-corrected chi connectivity index (χ0v) is 16.6. The van der Waals surface area contributed by atoms with Crippen LogP contribution in [0.3, 0.4) is 0 Å². The number of urea groups is 1. The van der Waals surface area contributed by atoms with E-state index in [4.69, 9.17) is 0 Å². The first kappa shape index (κ1) is 18.7. The Hall–Kier alpha value is -2.61. The second-order valence-electron chi connectivity index (χ2n) is 7.80. The highest BCUT2D eigenvalue weighted by atomic mass is 16.6. The van der Waals surface area contributed by atoms with E-state index in [1.165, 1.54) is 0 Å². The van der Waals surface area contributed by atoms with Crippen molar-refractivity contribution in [3.63, 3.8) is 0 Å². The van der Waals surface area contributed by atoms with Gasteiger partial charge in [-0.05, 0) is 44.5 Å². The van der Waals surface area contributed by atoms with Crippen molar-refractivity contribution in [3.8, 4) is 0 Å². The number of carbonyl (C=O) groups excluding carboxylic acids is 1. The van der Waals surface area contributed by atoms with E-state index in [1.54, 1.807) is 11.0 Å². The van der Waals surface area contributed by atoms with Gasteiger partial charge in [0, 0.05) is 49.9 Å². The zero-order valence-electron chi connectivity index (χ0n) is 16.6. The molecule has 0 spiro atoms. The summed E-state index contributed by atoms with van der Waals surface area (Å²) in [7, 11) is 2.04. The number of likely N-dealkylation sites (N-methyl/N-ethyl adjacent to an activating group) is 1. The lowest BCUT2D eigenvalue weighted by Crippen LogP contribution is -2.52. The second kappa shape index (κ2) is 7.09. The molecular formula is C20H27N5O3. The summed E-state index contributed by atoms with van der Waals surface area (Å²) >= 11 is 0. The van der Waals surface area contributed by atoms with Gasteiger partial charge in [-0.1, -0.05) is 6.08 Å². The van der Waals surface area contributed by atoms with Crippen LogP contribution in [0.15, 0.2) is 18.2 Å². The largest absolute Gasteiger partial charge is 0.384 e. The molecule has 2 heterocycles. The van der Waals surface area contributed by atoms with Crippen molar-refractivity contribution in [2.75, 3.05) is 38.5 Å². The van der Waals surface area contributed by atoms with E-state index in [9.17, 15) is 14.9 Å². The van der Waals surface area contributed by atoms with E-state index in [0.29, 0.717) is 19.6 Å². The van der Waals surface area contributed by atoms with Gasteiger partial charge in [-0.15, -0.1) is 0 Å². The van der Waals surface area contributed by atoms with Gasteiger partial charge in [-0.25, -0.2) is 4.79 Å². The number of hydrogen-bond donors (Lipinski definition) is 2. The molecule has 3 atom stereocenters. The molecule has 28 heavy (non-hydrogen) atoms. The molecule has 2 amide bonds. The number of nitrogens with zero attached hydrogens (tertiary/aromatic N) is 3. The zero-order chi connectivity index (χ0) is 20.0. The van der Waals surface area contributed by atoms with Crippen molar-refractivity contribution >= 4 is 23.0 Å². The summed E-state index contributed by atoms with van der Waals surface area (Å²) in [5.74, 6) is 0.288. The molecule has 0 radical (unpaired) electrons. The van der Waals surface area contributed by atoms with Crippen LogP contribution < -0.4 is 10.6 Å². The number of nitro groups is 1. The fraction of sp³-hybridized carbons (Fsp3) is 0.550.